The zero-order chi connectivity index (χ0) is 27.3. The largest absolute Gasteiger partial charge is 0.507 e. The fourth-order valence-corrected chi connectivity index (χ4v) is 5.79. The molecule has 1 N–H and O–H groups in total. The first kappa shape index (κ1) is 24.7. The molecule has 0 saturated carbocycles. The van der Waals surface area contributed by atoms with Crippen molar-refractivity contribution in [3.8, 4) is 17.2 Å². The fraction of sp³-hybridized carbons (Fsp3) is 0.207. The average Bonchev–Trinajstić information content (AvgIpc) is 3.49. The van der Waals surface area contributed by atoms with Crippen LogP contribution < -0.4 is 24.0 Å². The van der Waals surface area contributed by atoms with Crippen molar-refractivity contribution in [3.05, 3.63) is 77.4 Å². The van der Waals surface area contributed by atoms with E-state index < -0.39 is 17.7 Å². The highest BCUT2D eigenvalue weighted by Gasteiger charge is 2.48. The number of nitrogens with zero attached hydrogens (tertiary/aromatic N) is 3. The van der Waals surface area contributed by atoms with E-state index in [2.05, 4.69) is 4.98 Å². The molecule has 39 heavy (non-hydrogen) atoms. The maximum Gasteiger partial charge on any atom is 0.301 e. The third-order valence-electron chi connectivity index (χ3n) is 6.78. The minimum absolute atomic E-state index is 0.0221. The molecule has 2 aliphatic heterocycles. The zero-order valence-electron chi connectivity index (χ0n) is 21.5. The first-order valence-corrected chi connectivity index (χ1v) is 13.1. The van der Waals surface area contributed by atoms with Crippen LogP contribution in [0, 0.1) is 0 Å². The molecule has 0 bridgehead atoms. The number of Topliss-reactive ketones (excluding diaryl/α,β-unsaturated/α-hetero) is 1. The molecule has 6 rings (SSSR count). The summed E-state index contributed by atoms with van der Waals surface area (Å²) in [7, 11) is 5.44. The number of hydrogen-bond acceptors (Lipinski definition) is 9. The van der Waals surface area contributed by atoms with Gasteiger partial charge in [-0.15, -0.1) is 0 Å². The quantitative estimate of drug-likeness (QED) is 0.218. The Hall–Kier alpha value is -4.57. The fourth-order valence-electron chi connectivity index (χ4n) is 4.77. The van der Waals surface area contributed by atoms with E-state index in [9.17, 15) is 14.7 Å². The van der Waals surface area contributed by atoms with Crippen molar-refractivity contribution in [3.63, 3.8) is 0 Å². The van der Waals surface area contributed by atoms with Crippen LogP contribution in [0.5, 0.6) is 17.2 Å². The van der Waals surface area contributed by atoms with Gasteiger partial charge in [-0.1, -0.05) is 23.5 Å². The number of hydrogen-bond donors (Lipinski definition) is 1. The molecule has 0 aliphatic carbocycles. The lowest BCUT2D eigenvalue weighted by Crippen LogP contribution is -2.29. The Balaban J connectivity index is 1.52. The van der Waals surface area contributed by atoms with Gasteiger partial charge in [-0.25, -0.2) is 4.98 Å². The van der Waals surface area contributed by atoms with Gasteiger partial charge in [0.1, 0.15) is 24.7 Å². The van der Waals surface area contributed by atoms with Crippen LogP contribution in [0.4, 0.5) is 10.8 Å². The Morgan fingerprint density at radius 3 is 2.49 bits per heavy atom. The van der Waals surface area contributed by atoms with E-state index in [0.29, 0.717) is 52.2 Å². The summed E-state index contributed by atoms with van der Waals surface area (Å²) in [6.07, 6.45) is 0. The van der Waals surface area contributed by atoms with Crippen LogP contribution >= 0.6 is 11.3 Å². The number of ether oxygens (including phenoxy) is 3. The number of aliphatic hydroxyl groups is 1. The van der Waals surface area contributed by atoms with E-state index in [1.165, 1.54) is 16.2 Å². The minimum Gasteiger partial charge on any atom is -0.507 e. The summed E-state index contributed by atoms with van der Waals surface area (Å²) in [5.41, 5.74) is 2.61. The van der Waals surface area contributed by atoms with Crippen LogP contribution in [0.25, 0.3) is 16.0 Å². The van der Waals surface area contributed by atoms with Gasteiger partial charge in [0.25, 0.3) is 5.78 Å². The number of aromatic nitrogens is 1. The first-order valence-electron chi connectivity index (χ1n) is 12.3. The lowest BCUT2D eigenvalue weighted by molar-refractivity contribution is -0.132. The molecule has 1 saturated heterocycles. The van der Waals surface area contributed by atoms with Gasteiger partial charge in [-0.05, 0) is 54.1 Å². The highest BCUT2D eigenvalue weighted by Crippen LogP contribution is 2.45. The van der Waals surface area contributed by atoms with Crippen LogP contribution in [-0.4, -0.2) is 56.2 Å². The van der Waals surface area contributed by atoms with E-state index >= 15 is 0 Å². The number of carbonyl (C=O) groups is 2. The molecular formula is C29H25N3O6S. The van der Waals surface area contributed by atoms with Crippen LogP contribution in [-0.2, 0) is 9.59 Å². The molecule has 9 nitrogen and oxygen atoms in total. The predicted octanol–water partition coefficient (Wildman–Crippen LogP) is 4.77. The normalized spacial score (nSPS) is 18.0. The second-order valence-electron chi connectivity index (χ2n) is 9.34. The number of thiazole rings is 1. The number of carbonyl (C=O) groups excluding carboxylic acids is 2. The van der Waals surface area contributed by atoms with E-state index in [4.69, 9.17) is 14.2 Å². The van der Waals surface area contributed by atoms with Gasteiger partial charge in [-0.2, -0.15) is 0 Å². The lowest BCUT2D eigenvalue weighted by Gasteiger charge is -2.24. The highest BCUT2D eigenvalue weighted by atomic mass is 32.1. The number of amides is 1. The van der Waals surface area contributed by atoms with Gasteiger partial charge in [0, 0.05) is 25.3 Å². The summed E-state index contributed by atoms with van der Waals surface area (Å²) in [5, 5.41) is 11.8. The van der Waals surface area contributed by atoms with E-state index in [1.54, 1.807) is 37.4 Å². The molecule has 4 aromatic rings. The monoisotopic (exact) mass is 543 g/mol. The molecule has 1 aromatic heterocycles. The second-order valence-corrected chi connectivity index (χ2v) is 10.4. The Morgan fingerprint density at radius 2 is 1.77 bits per heavy atom. The summed E-state index contributed by atoms with van der Waals surface area (Å²) in [6, 6.07) is 17.0. The molecule has 0 spiro atoms. The number of methoxy groups -OCH3 is 1. The zero-order valence-corrected chi connectivity index (χ0v) is 22.3. The van der Waals surface area contributed by atoms with Crippen LogP contribution in [0.3, 0.4) is 0 Å². The molecule has 3 heterocycles. The summed E-state index contributed by atoms with van der Waals surface area (Å²) < 4.78 is 17.4. The smallest absolute Gasteiger partial charge is 0.301 e. The summed E-state index contributed by atoms with van der Waals surface area (Å²) in [5.74, 6) is -0.167. The molecule has 198 valence electrons. The number of anilines is 2. The van der Waals surface area contributed by atoms with Gasteiger partial charge in [0.15, 0.2) is 16.6 Å². The summed E-state index contributed by atoms with van der Waals surface area (Å²) >= 11 is 1.28. The molecule has 10 heteroatoms. The summed E-state index contributed by atoms with van der Waals surface area (Å²) in [4.78, 5) is 35.1. The van der Waals surface area contributed by atoms with E-state index in [1.807, 2.05) is 49.3 Å². The van der Waals surface area contributed by atoms with Crippen molar-refractivity contribution < 1.29 is 28.9 Å². The van der Waals surface area contributed by atoms with Crippen molar-refractivity contribution in [2.24, 2.45) is 0 Å². The van der Waals surface area contributed by atoms with Crippen molar-refractivity contribution >= 4 is 49.8 Å². The number of ketones is 1. The van der Waals surface area contributed by atoms with Crippen molar-refractivity contribution in [2.45, 2.75) is 6.04 Å². The van der Waals surface area contributed by atoms with Crippen molar-refractivity contribution in [1.29, 1.82) is 0 Å². The number of rotatable bonds is 5. The van der Waals surface area contributed by atoms with E-state index in [0.717, 1.165) is 10.4 Å². The Labute approximate surface area is 228 Å². The number of aliphatic hydroxyl groups excluding tert-OH is 1. The number of fused-ring (bicyclic) bond motifs is 2. The minimum atomic E-state index is -0.892. The maximum absolute atomic E-state index is 13.6. The van der Waals surface area contributed by atoms with Crippen LogP contribution in [0.2, 0.25) is 0 Å². The van der Waals surface area contributed by atoms with E-state index in [-0.39, 0.29) is 11.3 Å². The Bertz CT molecular complexity index is 1640. The van der Waals surface area contributed by atoms with Gasteiger partial charge < -0.3 is 24.2 Å². The predicted molar refractivity (Wildman–Crippen MR) is 149 cm³/mol. The van der Waals surface area contributed by atoms with Gasteiger partial charge in [0.2, 0.25) is 0 Å². The molecular weight excluding hydrogens is 518 g/mol. The lowest BCUT2D eigenvalue weighted by atomic mass is 9.95. The maximum atomic E-state index is 13.6. The molecule has 1 atom stereocenters. The highest BCUT2D eigenvalue weighted by molar-refractivity contribution is 7.22. The second kappa shape index (κ2) is 9.63. The Morgan fingerprint density at radius 1 is 1.03 bits per heavy atom. The van der Waals surface area contributed by atoms with Crippen molar-refractivity contribution in [1.82, 2.24) is 4.98 Å². The molecule has 1 fully saturated rings. The molecule has 1 unspecified atom stereocenters. The van der Waals surface area contributed by atoms with Crippen LogP contribution in [0.1, 0.15) is 17.2 Å². The third kappa shape index (κ3) is 4.22. The van der Waals surface area contributed by atoms with Crippen molar-refractivity contribution in [2.75, 3.05) is 44.2 Å². The first-order chi connectivity index (χ1) is 18.9. The van der Waals surface area contributed by atoms with Gasteiger partial charge in [-0.3, -0.25) is 14.5 Å². The van der Waals surface area contributed by atoms with Gasteiger partial charge in [0.05, 0.1) is 28.9 Å². The molecule has 0 radical (unpaired) electrons. The number of benzene rings is 3. The standard InChI is InChI=1S/C29H25N3O6S/c1-31(2)18-7-4-16(5-8-18)25-24(26(33)17-6-11-21-22(14-17)38-13-12-37-21)27(34)28(35)32(25)29-30-20-10-9-19(36-3)15-23(20)39-29/h4-11,14-15,25,33H,12-13H2,1-3H3/b26-24+. The SMILES string of the molecule is COc1ccc2nc(N3C(=O)C(=O)/C(=C(/O)c4ccc5c(c4)OCCO5)C3c3ccc(N(C)C)cc3)sc2c1. The Kier molecular flexibility index (Phi) is 6.11. The third-order valence-corrected chi connectivity index (χ3v) is 7.79. The molecule has 3 aromatic carbocycles. The van der Waals surface area contributed by atoms with Gasteiger partial charge >= 0.3 is 5.91 Å². The average molecular weight is 544 g/mol. The van der Waals surface area contributed by atoms with Crippen LogP contribution in [0.15, 0.2) is 66.2 Å². The molecule has 1 amide bonds. The summed E-state index contributed by atoms with van der Waals surface area (Å²) in [6.45, 7) is 0.808. The topological polar surface area (TPSA) is 101 Å². The molecule has 2 aliphatic rings.